The molecule has 0 aromatic carbocycles. The first-order valence-corrected chi connectivity index (χ1v) is 8.43. The number of hydrogen-bond acceptors (Lipinski definition) is 2. The van der Waals surface area contributed by atoms with Crippen LogP contribution in [0, 0.1) is 23.6 Å². The van der Waals surface area contributed by atoms with Crippen molar-refractivity contribution in [1.29, 1.82) is 0 Å². The predicted molar refractivity (Wildman–Crippen MR) is 85.8 cm³/mol. The molecule has 21 heavy (non-hydrogen) atoms. The highest BCUT2D eigenvalue weighted by molar-refractivity contribution is 5.18. The summed E-state index contributed by atoms with van der Waals surface area (Å²) in [6.45, 7) is 8.91. The lowest BCUT2D eigenvalue weighted by Crippen LogP contribution is -2.33. The smallest absolute Gasteiger partial charge is 0.141 e. The third-order valence-corrected chi connectivity index (χ3v) is 4.96. The van der Waals surface area contributed by atoms with Crippen molar-refractivity contribution in [2.75, 3.05) is 13.1 Å². The summed E-state index contributed by atoms with van der Waals surface area (Å²) >= 11 is 0. The summed E-state index contributed by atoms with van der Waals surface area (Å²) in [5, 5.41) is 3.55. The second-order valence-electron chi connectivity index (χ2n) is 6.82. The van der Waals surface area contributed by atoms with E-state index in [0.717, 1.165) is 31.0 Å². The van der Waals surface area contributed by atoms with E-state index < -0.39 is 0 Å². The summed E-state index contributed by atoms with van der Waals surface area (Å²) in [4.78, 5) is 4.06. The number of nitrogens with zero attached hydrogens (tertiary/aromatic N) is 1. The number of halogens is 1. The summed E-state index contributed by atoms with van der Waals surface area (Å²) < 4.78 is 13.5. The van der Waals surface area contributed by atoms with Crippen molar-refractivity contribution in [3.63, 3.8) is 0 Å². The number of hydrogen-bond donors (Lipinski definition) is 1. The maximum atomic E-state index is 13.5. The van der Waals surface area contributed by atoms with Gasteiger partial charge >= 0.3 is 0 Å². The van der Waals surface area contributed by atoms with Gasteiger partial charge in [-0.2, -0.15) is 0 Å². The van der Waals surface area contributed by atoms with Crippen molar-refractivity contribution in [2.45, 2.75) is 52.4 Å². The van der Waals surface area contributed by atoms with Crippen molar-refractivity contribution in [3.8, 4) is 0 Å². The number of rotatable bonds is 6. The zero-order valence-corrected chi connectivity index (χ0v) is 13.6. The van der Waals surface area contributed by atoms with Crippen molar-refractivity contribution >= 4 is 0 Å². The van der Waals surface area contributed by atoms with Gasteiger partial charge in [0.2, 0.25) is 0 Å². The van der Waals surface area contributed by atoms with E-state index in [4.69, 9.17) is 0 Å². The highest BCUT2D eigenvalue weighted by Gasteiger charge is 2.32. The van der Waals surface area contributed by atoms with E-state index in [9.17, 15) is 4.39 Å². The van der Waals surface area contributed by atoms with Crippen molar-refractivity contribution in [2.24, 2.45) is 17.8 Å². The molecule has 1 heterocycles. The van der Waals surface area contributed by atoms with Crippen molar-refractivity contribution < 1.29 is 4.39 Å². The number of nitrogens with one attached hydrogen (secondary N) is 1. The average Bonchev–Trinajstić information content (AvgIpc) is 2.47. The SMILES string of the molecule is CCCNCC1CCC(C(C)C)CC1c1cncc(F)c1. The lowest BCUT2D eigenvalue weighted by molar-refractivity contribution is 0.190. The molecule has 0 spiro atoms. The molecule has 1 saturated carbocycles. The Kier molecular flexibility index (Phi) is 6.16. The third-order valence-electron chi connectivity index (χ3n) is 4.96. The van der Waals surface area contributed by atoms with Crippen LogP contribution in [0.2, 0.25) is 0 Å². The van der Waals surface area contributed by atoms with Crippen LogP contribution < -0.4 is 5.32 Å². The topological polar surface area (TPSA) is 24.9 Å². The van der Waals surface area contributed by atoms with Crippen LogP contribution in [0.25, 0.3) is 0 Å². The van der Waals surface area contributed by atoms with Gasteiger partial charge in [0.25, 0.3) is 0 Å². The predicted octanol–water partition coefficient (Wildman–Crippen LogP) is 4.38. The molecule has 1 aromatic rings. The molecule has 0 radical (unpaired) electrons. The normalized spacial score (nSPS) is 26.2. The molecule has 2 rings (SSSR count). The van der Waals surface area contributed by atoms with Gasteiger partial charge < -0.3 is 5.32 Å². The van der Waals surface area contributed by atoms with Crippen LogP contribution in [0.15, 0.2) is 18.5 Å². The Hall–Kier alpha value is -0.960. The Morgan fingerprint density at radius 3 is 2.81 bits per heavy atom. The molecule has 118 valence electrons. The van der Waals surface area contributed by atoms with Crippen LogP contribution in [0.5, 0.6) is 0 Å². The van der Waals surface area contributed by atoms with E-state index in [0.29, 0.717) is 17.8 Å². The molecule has 1 aromatic heterocycles. The monoisotopic (exact) mass is 292 g/mol. The molecule has 0 bridgehead atoms. The number of aromatic nitrogens is 1. The van der Waals surface area contributed by atoms with Crippen LogP contribution in [-0.2, 0) is 0 Å². The summed E-state index contributed by atoms with van der Waals surface area (Å²) in [7, 11) is 0. The fraction of sp³-hybridized carbons (Fsp3) is 0.722. The Morgan fingerprint density at radius 1 is 1.33 bits per heavy atom. The van der Waals surface area contributed by atoms with E-state index in [1.54, 1.807) is 6.07 Å². The molecule has 3 heteroatoms. The minimum atomic E-state index is -0.209. The first kappa shape index (κ1) is 16.4. The van der Waals surface area contributed by atoms with Crippen LogP contribution in [-0.4, -0.2) is 18.1 Å². The van der Waals surface area contributed by atoms with E-state index in [1.807, 2.05) is 6.20 Å². The Bertz CT molecular complexity index is 433. The van der Waals surface area contributed by atoms with E-state index >= 15 is 0 Å². The van der Waals surface area contributed by atoms with Gasteiger partial charge in [-0.05, 0) is 74.1 Å². The molecule has 0 amide bonds. The zero-order valence-electron chi connectivity index (χ0n) is 13.6. The minimum absolute atomic E-state index is 0.209. The second-order valence-corrected chi connectivity index (χ2v) is 6.82. The van der Waals surface area contributed by atoms with Crippen molar-refractivity contribution in [1.82, 2.24) is 10.3 Å². The largest absolute Gasteiger partial charge is 0.316 e. The summed E-state index contributed by atoms with van der Waals surface area (Å²) in [5.41, 5.74) is 1.09. The number of pyridine rings is 1. The molecule has 0 aliphatic heterocycles. The van der Waals surface area contributed by atoms with E-state index in [-0.39, 0.29) is 5.82 Å². The van der Waals surface area contributed by atoms with Gasteiger partial charge in [-0.3, -0.25) is 4.98 Å². The molecule has 0 saturated heterocycles. The minimum Gasteiger partial charge on any atom is -0.316 e. The molecule has 2 nitrogen and oxygen atoms in total. The Labute approximate surface area is 128 Å². The quantitative estimate of drug-likeness (QED) is 0.787. The summed E-state index contributed by atoms with van der Waals surface area (Å²) in [6, 6.07) is 1.69. The van der Waals surface area contributed by atoms with Gasteiger partial charge in [0.05, 0.1) is 6.20 Å². The van der Waals surface area contributed by atoms with Crippen LogP contribution in [0.4, 0.5) is 4.39 Å². The van der Waals surface area contributed by atoms with Gasteiger partial charge in [-0.15, -0.1) is 0 Å². The highest BCUT2D eigenvalue weighted by atomic mass is 19.1. The van der Waals surface area contributed by atoms with Gasteiger partial charge in [-0.1, -0.05) is 20.8 Å². The average molecular weight is 292 g/mol. The summed E-state index contributed by atoms with van der Waals surface area (Å²) in [6.07, 6.45) is 8.03. The molecular formula is C18H29FN2. The van der Waals surface area contributed by atoms with Crippen LogP contribution >= 0.6 is 0 Å². The second kappa shape index (κ2) is 7.88. The molecule has 1 aliphatic rings. The fourth-order valence-corrected chi connectivity index (χ4v) is 3.62. The van der Waals surface area contributed by atoms with Gasteiger partial charge in [0, 0.05) is 6.20 Å². The first-order valence-electron chi connectivity index (χ1n) is 8.43. The van der Waals surface area contributed by atoms with Gasteiger partial charge in [-0.25, -0.2) is 4.39 Å². The lowest BCUT2D eigenvalue weighted by Gasteiger charge is -2.38. The summed E-state index contributed by atoms with van der Waals surface area (Å²) in [5.74, 6) is 2.30. The standard InChI is InChI=1S/C18H29FN2/c1-4-7-20-10-15-6-5-14(13(2)3)9-18(15)16-8-17(19)12-21-11-16/h8,11-15,18,20H,4-7,9-10H2,1-3H3. The maximum absolute atomic E-state index is 13.5. The molecule has 1 aliphatic carbocycles. The van der Waals surface area contributed by atoms with Crippen molar-refractivity contribution in [3.05, 3.63) is 29.8 Å². The van der Waals surface area contributed by atoms with Gasteiger partial charge in [0.15, 0.2) is 0 Å². The molecule has 1 fully saturated rings. The Morgan fingerprint density at radius 2 is 2.14 bits per heavy atom. The van der Waals surface area contributed by atoms with Gasteiger partial charge in [0.1, 0.15) is 5.82 Å². The molecule has 3 unspecified atom stereocenters. The lowest BCUT2D eigenvalue weighted by atomic mass is 9.68. The molecule has 1 N–H and O–H groups in total. The molecule has 3 atom stereocenters. The third kappa shape index (κ3) is 4.50. The van der Waals surface area contributed by atoms with E-state index in [1.165, 1.54) is 25.5 Å². The zero-order chi connectivity index (χ0) is 15.2. The van der Waals surface area contributed by atoms with Crippen LogP contribution in [0.1, 0.15) is 57.9 Å². The molecular weight excluding hydrogens is 263 g/mol. The fourth-order valence-electron chi connectivity index (χ4n) is 3.62. The maximum Gasteiger partial charge on any atom is 0.141 e. The Balaban J connectivity index is 2.11. The first-order chi connectivity index (χ1) is 10.1. The highest BCUT2D eigenvalue weighted by Crippen LogP contribution is 2.42. The van der Waals surface area contributed by atoms with E-state index in [2.05, 4.69) is 31.1 Å². The van der Waals surface area contributed by atoms with Crippen LogP contribution in [0.3, 0.4) is 0 Å².